The van der Waals surface area contributed by atoms with Gasteiger partial charge in [-0.1, -0.05) is 0 Å². The largest absolute Gasteiger partial charge is 0.315 e. The van der Waals surface area contributed by atoms with E-state index in [1.54, 1.807) is 12.4 Å². The van der Waals surface area contributed by atoms with Gasteiger partial charge in [0.25, 0.3) is 10.0 Å². The fourth-order valence-electron chi connectivity index (χ4n) is 2.13. The second kappa shape index (κ2) is 5.10. The monoisotopic (exact) mass is 332 g/mol. The van der Waals surface area contributed by atoms with Gasteiger partial charge in [-0.3, -0.25) is 0 Å². The van der Waals surface area contributed by atoms with Crippen LogP contribution in [0.25, 0.3) is 0 Å². The van der Waals surface area contributed by atoms with Crippen LogP contribution in [0.15, 0.2) is 16.6 Å². The maximum Gasteiger partial charge on any atom is 0.253 e. The van der Waals surface area contributed by atoms with Crippen LogP contribution >= 0.6 is 22.9 Å². The summed E-state index contributed by atoms with van der Waals surface area (Å²) >= 11 is 7.05. The van der Waals surface area contributed by atoms with E-state index in [0.29, 0.717) is 29.0 Å². The molecule has 2 aromatic heterocycles. The van der Waals surface area contributed by atoms with Gasteiger partial charge in [0, 0.05) is 18.0 Å². The maximum absolute atomic E-state index is 12.6. The summed E-state index contributed by atoms with van der Waals surface area (Å²) in [6.07, 6.45) is 1.63. The first-order valence-corrected chi connectivity index (χ1v) is 8.83. The molecular formula is C11H13ClN4O2S2. The van der Waals surface area contributed by atoms with Crippen molar-refractivity contribution in [3.05, 3.63) is 28.7 Å². The van der Waals surface area contributed by atoms with Crippen LogP contribution in [-0.2, 0) is 29.0 Å². The summed E-state index contributed by atoms with van der Waals surface area (Å²) in [5.41, 5.74) is 0.920. The van der Waals surface area contributed by atoms with Crippen LogP contribution in [0.5, 0.6) is 0 Å². The number of fused-ring (bicyclic) bond motifs is 1. The van der Waals surface area contributed by atoms with Gasteiger partial charge in [0.1, 0.15) is 16.4 Å². The third-order valence-corrected chi connectivity index (χ3v) is 7.27. The van der Waals surface area contributed by atoms with Crippen LogP contribution in [0.2, 0.25) is 0 Å². The van der Waals surface area contributed by atoms with Crippen LogP contribution in [-0.4, -0.2) is 34.0 Å². The number of aryl methyl sites for hydroxylation is 1. The van der Waals surface area contributed by atoms with Gasteiger partial charge < -0.3 is 4.57 Å². The highest BCUT2D eigenvalue weighted by atomic mass is 35.5. The number of alkyl halides is 1. The Morgan fingerprint density at radius 2 is 2.25 bits per heavy atom. The van der Waals surface area contributed by atoms with Crippen molar-refractivity contribution in [2.45, 2.75) is 30.1 Å². The summed E-state index contributed by atoms with van der Waals surface area (Å²) in [4.78, 5) is 0.894. The molecule has 0 unspecified atom stereocenters. The highest BCUT2D eigenvalue weighted by Crippen LogP contribution is 2.30. The van der Waals surface area contributed by atoms with Crippen molar-refractivity contribution >= 4 is 33.0 Å². The minimum atomic E-state index is -3.48. The summed E-state index contributed by atoms with van der Waals surface area (Å²) in [5, 5.41) is 7.74. The Morgan fingerprint density at radius 1 is 1.45 bits per heavy atom. The first-order chi connectivity index (χ1) is 9.52. The fraction of sp³-hybridized carbons (Fsp3) is 0.455. The Bertz CT molecular complexity index is 737. The molecular weight excluding hydrogens is 320 g/mol. The Labute approximate surface area is 126 Å². The molecule has 6 nitrogen and oxygen atoms in total. The zero-order valence-electron chi connectivity index (χ0n) is 10.8. The summed E-state index contributed by atoms with van der Waals surface area (Å²) < 4.78 is 28.9. The molecule has 0 amide bonds. The minimum absolute atomic E-state index is 0.259. The standard InChI is InChI=1S/C11H13ClN4O2S2/c1-8-4-11(19-9(8)5-12)20(17,18)16-3-2-15-7-13-14-10(15)6-16/h4,7H,2-3,5-6H2,1H3. The molecule has 3 rings (SSSR count). The molecule has 0 atom stereocenters. The van der Waals surface area contributed by atoms with Crippen LogP contribution in [0, 0.1) is 6.92 Å². The average Bonchev–Trinajstić information content (AvgIpc) is 3.03. The predicted molar refractivity (Wildman–Crippen MR) is 76.2 cm³/mol. The molecule has 0 spiro atoms. The van der Waals surface area contributed by atoms with Crippen molar-refractivity contribution in [1.82, 2.24) is 19.1 Å². The summed E-state index contributed by atoms with van der Waals surface area (Å²) in [6.45, 7) is 3.14. The third kappa shape index (κ3) is 2.26. The molecule has 0 radical (unpaired) electrons. The lowest BCUT2D eigenvalue weighted by Crippen LogP contribution is -2.37. The smallest absolute Gasteiger partial charge is 0.253 e. The Balaban J connectivity index is 1.92. The average molecular weight is 333 g/mol. The predicted octanol–water partition coefficient (Wildman–Crippen LogP) is 1.59. The zero-order chi connectivity index (χ0) is 14.3. The molecule has 108 valence electrons. The Hall–Kier alpha value is -0.960. The minimum Gasteiger partial charge on any atom is -0.315 e. The SMILES string of the molecule is Cc1cc(S(=O)(=O)N2CCn3cnnc3C2)sc1CCl. The fourth-order valence-corrected chi connectivity index (χ4v) is 5.48. The van der Waals surface area contributed by atoms with Gasteiger partial charge in [0.05, 0.1) is 12.4 Å². The van der Waals surface area contributed by atoms with Gasteiger partial charge in [-0.25, -0.2) is 8.42 Å². The van der Waals surface area contributed by atoms with Gasteiger partial charge in [0.15, 0.2) is 0 Å². The number of aromatic nitrogens is 3. The molecule has 0 N–H and O–H groups in total. The maximum atomic E-state index is 12.6. The van der Waals surface area contributed by atoms with E-state index >= 15 is 0 Å². The summed E-state index contributed by atoms with van der Waals surface area (Å²) in [7, 11) is -3.48. The van der Waals surface area contributed by atoms with Gasteiger partial charge in [-0.05, 0) is 18.6 Å². The molecule has 9 heteroatoms. The van der Waals surface area contributed by atoms with E-state index in [9.17, 15) is 8.42 Å². The van der Waals surface area contributed by atoms with Crippen molar-refractivity contribution in [3.63, 3.8) is 0 Å². The van der Waals surface area contributed by atoms with Crippen LogP contribution in [0.4, 0.5) is 0 Å². The van der Waals surface area contributed by atoms with E-state index in [1.165, 1.54) is 15.6 Å². The first kappa shape index (κ1) is 14.0. The number of sulfonamides is 1. The molecule has 2 aromatic rings. The summed E-state index contributed by atoms with van der Waals surface area (Å²) in [6, 6.07) is 1.69. The molecule has 0 aromatic carbocycles. The molecule has 1 aliphatic heterocycles. The Morgan fingerprint density at radius 3 is 2.95 bits per heavy atom. The molecule has 3 heterocycles. The molecule has 0 saturated carbocycles. The van der Waals surface area contributed by atoms with E-state index in [1.807, 2.05) is 11.5 Å². The van der Waals surface area contributed by atoms with E-state index in [0.717, 1.165) is 10.4 Å². The highest BCUT2D eigenvalue weighted by Gasteiger charge is 2.30. The van der Waals surface area contributed by atoms with Crippen LogP contribution in [0.1, 0.15) is 16.3 Å². The van der Waals surface area contributed by atoms with Gasteiger partial charge in [-0.2, -0.15) is 4.31 Å². The quantitative estimate of drug-likeness (QED) is 0.800. The topological polar surface area (TPSA) is 68.1 Å². The van der Waals surface area contributed by atoms with Crippen molar-refractivity contribution < 1.29 is 8.42 Å². The van der Waals surface area contributed by atoms with E-state index in [2.05, 4.69) is 10.2 Å². The van der Waals surface area contributed by atoms with Gasteiger partial charge in [0.2, 0.25) is 0 Å². The zero-order valence-corrected chi connectivity index (χ0v) is 13.2. The normalized spacial score (nSPS) is 16.3. The number of rotatable bonds is 3. The second-order valence-electron chi connectivity index (χ2n) is 4.58. The Kier molecular flexibility index (Phi) is 3.57. The number of nitrogens with zero attached hydrogens (tertiary/aromatic N) is 4. The first-order valence-electron chi connectivity index (χ1n) is 6.04. The van der Waals surface area contributed by atoms with Gasteiger partial charge in [-0.15, -0.1) is 33.1 Å². The summed E-state index contributed by atoms with van der Waals surface area (Å²) in [5.74, 6) is 1.01. The van der Waals surface area contributed by atoms with E-state index in [4.69, 9.17) is 11.6 Å². The lowest BCUT2D eigenvalue weighted by atomic mass is 10.3. The molecule has 0 saturated heterocycles. The van der Waals surface area contributed by atoms with Crippen molar-refractivity contribution in [2.24, 2.45) is 0 Å². The number of hydrogen-bond acceptors (Lipinski definition) is 5. The molecule has 0 aliphatic carbocycles. The third-order valence-electron chi connectivity index (χ3n) is 3.32. The van der Waals surface area contributed by atoms with E-state index < -0.39 is 10.0 Å². The van der Waals surface area contributed by atoms with Crippen LogP contribution in [0.3, 0.4) is 0 Å². The molecule has 0 bridgehead atoms. The lowest BCUT2D eigenvalue weighted by molar-refractivity contribution is 0.336. The van der Waals surface area contributed by atoms with Crippen molar-refractivity contribution in [3.8, 4) is 0 Å². The molecule has 0 fully saturated rings. The van der Waals surface area contributed by atoms with Crippen molar-refractivity contribution in [1.29, 1.82) is 0 Å². The van der Waals surface area contributed by atoms with Gasteiger partial charge >= 0.3 is 0 Å². The lowest BCUT2D eigenvalue weighted by Gasteiger charge is -2.25. The highest BCUT2D eigenvalue weighted by molar-refractivity contribution is 7.91. The second-order valence-corrected chi connectivity index (χ2v) is 8.15. The number of halogens is 1. The van der Waals surface area contributed by atoms with Crippen molar-refractivity contribution in [2.75, 3.05) is 6.54 Å². The molecule has 1 aliphatic rings. The van der Waals surface area contributed by atoms with E-state index in [-0.39, 0.29) is 6.54 Å². The van der Waals surface area contributed by atoms with Crippen LogP contribution < -0.4 is 0 Å². The molecule has 20 heavy (non-hydrogen) atoms. The number of hydrogen-bond donors (Lipinski definition) is 0. The number of thiophene rings is 1.